The Labute approximate surface area is 135 Å². The molecule has 0 aromatic heterocycles. The van der Waals surface area contributed by atoms with Crippen LogP contribution in [0.1, 0.15) is 15.9 Å². The van der Waals surface area contributed by atoms with Gasteiger partial charge in [0.05, 0.1) is 10.5 Å². The molecule has 24 heavy (non-hydrogen) atoms. The van der Waals surface area contributed by atoms with Crippen LogP contribution in [-0.2, 0) is 16.0 Å². The lowest BCUT2D eigenvalue weighted by Crippen LogP contribution is -2.38. The Morgan fingerprint density at radius 1 is 1.29 bits per heavy atom. The predicted molar refractivity (Wildman–Crippen MR) is 81.0 cm³/mol. The maximum absolute atomic E-state index is 13.3. The number of fused-ring (bicyclic) bond motifs is 1. The number of nitrogens with one attached hydrogen (secondary N) is 1. The van der Waals surface area contributed by atoms with E-state index in [-0.39, 0.29) is 23.4 Å². The molecule has 122 valence electrons. The van der Waals surface area contributed by atoms with E-state index < -0.39 is 28.7 Å². The van der Waals surface area contributed by atoms with Gasteiger partial charge >= 0.3 is 5.97 Å². The Morgan fingerprint density at radius 3 is 2.83 bits per heavy atom. The van der Waals surface area contributed by atoms with Crippen LogP contribution in [-0.4, -0.2) is 22.9 Å². The summed E-state index contributed by atoms with van der Waals surface area (Å²) in [6, 6.07) is 9.01. The van der Waals surface area contributed by atoms with Crippen molar-refractivity contribution < 1.29 is 23.6 Å². The SMILES string of the molecule is O=C1OC(C(=O)Nc2cccc([N+](=O)[O-])c2)Cc2cc(F)ccc21. The van der Waals surface area contributed by atoms with E-state index in [0.717, 1.165) is 6.07 Å². The molecule has 1 unspecified atom stereocenters. The molecule has 1 amide bonds. The second-order valence-corrected chi connectivity index (χ2v) is 5.20. The topological polar surface area (TPSA) is 98.5 Å². The highest BCUT2D eigenvalue weighted by atomic mass is 19.1. The van der Waals surface area contributed by atoms with Crippen molar-refractivity contribution in [3.8, 4) is 0 Å². The van der Waals surface area contributed by atoms with Crippen molar-refractivity contribution in [2.45, 2.75) is 12.5 Å². The van der Waals surface area contributed by atoms with E-state index in [0.29, 0.717) is 5.56 Å². The fourth-order valence-corrected chi connectivity index (χ4v) is 2.43. The summed E-state index contributed by atoms with van der Waals surface area (Å²) >= 11 is 0. The lowest BCUT2D eigenvalue weighted by Gasteiger charge is -2.23. The van der Waals surface area contributed by atoms with Gasteiger partial charge in [0.2, 0.25) is 0 Å². The molecule has 8 heteroatoms. The number of non-ortho nitro benzene ring substituents is 1. The second-order valence-electron chi connectivity index (χ2n) is 5.20. The van der Waals surface area contributed by atoms with Gasteiger partial charge in [-0.3, -0.25) is 14.9 Å². The fourth-order valence-electron chi connectivity index (χ4n) is 2.43. The summed E-state index contributed by atoms with van der Waals surface area (Å²) < 4.78 is 18.4. The summed E-state index contributed by atoms with van der Waals surface area (Å²) in [5.41, 5.74) is 0.623. The van der Waals surface area contributed by atoms with Gasteiger partial charge in [-0.05, 0) is 29.8 Å². The van der Waals surface area contributed by atoms with Crippen LogP contribution in [0.3, 0.4) is 0 Å². The standard InChI is InChI=1S/C16H11FN2O5/c17-10-4-5-13-9(6-10)7-14(24-16(13)21)15(20)18-11-2-1-3-12(8-11)19(22)23/h1-6,8,14H,7H2,(H,18,20). The molecule has 7 nitrogen and oxygen atoms in total. The zero-order valence-electron chi connectivity index (χ0n) is 12.2. The number of carbonyl (C=O) groups is 2. The molecule has 2 aromatic carbocycles. The van der Waals surface area contributed by atoms with E-state index >= 15 is 0 Å². The lowest BCUT2D eigenvalue weighted by molar-refractivity contribution is -0.384. The molecule has 0 spiro atoms. The molecule has 1 aliphatic rings. The summed E-state index contributed by atoms with van der Waals surface area (Å²) in [4.78, 5) is 34.3. The molecule has 0 bridgehead atoms. The van der Waals surface area contributed by atoms with Gasteiger partial charge in [-0.1, -0.05) is 6.07 Å². The molecule has 1 heterocycles. The average molecular weight is 330 g/mol. The molecular weight excluding hydrogens is 319 g/mol. The summed E-state index contributed by atoms with van der Waals surface area (Å²) in [6.45, 7) is 0. The van der Waals surface area contributed by atoms with Crippen LogP contribution < -0.4 is 5.32 Å². The van der Waals surface area contributed by atoms with Gasteiger partial charge in [0.15, 0.2) is 6.10 Å². The smallest absolute Gasteiger partial charge is 0.339 e. The van der Waals surface area contributed by atoms with E-state index in [4.69, 9.17) is 4.74 Å². The van der Waals surface area contributed by atoms with Crippen molar-refractivity contribution in [2.24, 2.45) is 0 Å². The van der Waals surface area contributed by atoms with Gasteiger partial charge in [-0.15, -0.1) is 0 Å². The fraction of sp³-hybridized carbons (Fsp3) is 0.125. The first-order valence-electron chi connectivity index (χ1n) is 6.99. The van der Waals surface area contributed by atoms with Crippen molar-refractivity contribution in [1.82, 2.24) is 0 Å². The van der Waals surface area contributed by atoms with Crippen LogP contribution in [0.5, 0.6) is 0 Å². The number of halogens is 1. The quantitative estimate of drug-likeness (QED) is 0.529. The number of hydrogen-bond acceptors (Lipinski definition) is 5. The highest BCUT2D eigenvalue weighted by molar-refractivity contribution is 6.00. The predicted octanol–water partition coefficient (Wildman–Crippen LogP) is 2.45. The molecule has 0 aliphatic carbocycles. The first kappa shape index (κ1) is 15.6. The van der Waals surface area contributed by atoms with Gasteiger partial charge in [0, 0.05) is 24.2 Å². The Morgan fingerprint density at radius 2 is 2.08 bits per heavy atom. The molecule has 1 N–H and O–H groups in total. The monoisotopic (exact) mass is 330 g/mol. The summed E-state index contributed by atoms with van der Waals surface area (Å²) in [6.07, 6.45) is -1.11. The maximum atomic E-state index is 13.3. The van der Waals surface area contributed by atoms with Gasteiger partial charge in [0.1, 0.15) is 5.82 Å². The van der Waals surface area contributed by atoms with E-state index in [9.17, 15) is 24.1 Å². The minimum atomic E-state index is -1.13. The number of anilines is 1. The van der Waals surface area contributed by atoms with Crippen LogP contribution in [0.2, 0.25) is 0 Å². The van der Waals surface area contributed by atoms with Crippen LogP contribution >= 0.6 is 0 Å². The largest absolute Gasteiger partial charge is 0.448 e. The Kier molecular flexibility index (Phi) is 3.95. The number of hydrogen-bond donors (Lipinski definition) is 1. The summed E-state index contributed by atoms with van der Waals surface area (Å²) in [5.74, 6) is -1.87. The Hall–Kier alpha value is -3.29. The number of cyclic esters (lactones) is 1. The summed E-state index contributed by atoms with van der Waals surface area (Å²) in [7, 11) is 0. The van der Waals surface area contributed by atoms with Gasteiger partial charge in [0.25, 0.3) is 11.6 Å². The van der Waals surface area contributed by atoms with E-state index in [1.807, 2.05) is 0 Å². The lowest BCUT2D eigenvalue weighted by atomic mass is 9.98. The number of carbonyl (C=O) groups excluding carboxylic acids is 2. The number of benzene rings is 2. The first-order chi connectivity index (χ1) is 11.4. The molecule has 1 aliphatic heterocycles. The highest BCUT2D eigenvalue weighted by Crippen LogP contribution is 2.23. The maximum Gasteiger partial charge on any atom is 0.339 e. The van der Waals surface area contributed by atoms with Gasteiger partial charge in [-0.2, -0.15) is 0 Å². The Balaban J connectivity index is 1.78. The molecule has 0 radical (unpaired) electrons. The molecule has 0 saturated carbocycles. The van der Waals surface area contributed by atoms with E-state index in [1.165, 1.54) is 36.4 Å². The molecule has 3 rings (SSSR count). The third-order valence-corrected chi connectivity index (χ3v) is 3.56. The number of esters is 1. The van der Waals surface area contributed by atoms with Crippen molar-refractivity contribution >= 4 is 23.3 Å². The molecule has 0 fully saturated rings. The molecule has 0 saturated heterocycles. The Bertz CT molecular complexity index is 852. The second kappa shape index (κ2) is 6.07. The van der Waals surface area contributed by atoms with Gasteiger partial charge in [-0.25, -0.2) is 9.18 Å². The first-order valence-corrected chi connectivity index (χ1v) is 6.99. The van der Waals surface area contributed by atoms with Crippen LogP contribution in [0.4, 0.5) is 15.8 Å². The number of amides is 1. The normalized spacial score (nSPS) is 16.0. The number of nitrogens with zero attached hydrogens (tertiary/aromatic N) is 1. The third-order valence-electron chi connectivity index (χ3n) is 3.56. The molecule has 2 aromatic rings. The summed E-state index contributed by atoms with van der Waals surface area (Å²) in [5, 5.41) is 13.2. The van der Waals surface area contributed by atoms with Crippen molar-refractivity contribution in [3.63, 3.8) is 0 Å². The van der Waals surface area contributed by atoms with Crippen molar-refractivity contribution in [2.75, 3.05) is 5.32 Å². The van der Waals surface area contributed by atoms with Crippen molar-refractivity contribution in [1.29, 1.82) is 0 Å². The van der Waals surface area contributed by atoms with E-state index in [1.54, 1.807) is 0 Å². The number of rotatable bonds is 3. The molecular formula is C16H11FN2O5. The van der Waals surface area contributed by atoms with Crippen LogP contribution in [0.15, 0.2) is 42.5 Å². The average Bonchev–Trinajstić information content (AvgIpc) is 2.54. The zero-order valence-corrected chi connectivity index (χ0v) is 12.2. The van der Waals surface area contributed by atoms with E-state index in [2.05, 4.69) is 5.32 Å². The molecule has 1 atom stereocenters. The minimum Gasteiger partial charge on any atom is -0.448 e. The van der Waals surface area contributed by atoms with Crippen molar-refractivity contribution in [3.05, 3.63) is 69.5 Å². The minimum absolute atomic E-state index is 0.0274. The third kappa shape index (κ3) is 3.07. The zero-order chi connectivity index (χ0) is 17.3. The number of ether oxygens (including phenoxy) is 1. The van der Waals surface area contributed by atoms with Crippen LogP contribution in [0.25, 0.3) is 0 Å². The highest BCUT2D eigenvalue weighted by Gasteiger charge is 2.31. The number of nitro benzene ring substituents is 1. The van der Waals surface area contributed by atoms with Gasteiger partial charge < -0.3 is 10.1 Å². The van der Waals surface area contributed by atoms with Crippen LogP contribution in [0, 0.1) is 15.9 Å². The number of nitro groups is 1.